The molecule has 1 fully saturated rings. The molecule has 14 heavy (non-hydrogen) atoms. The van der Waals surface area contributed by atoms with E-state index in [9.17, 15) is 5.11 Å². The molecule has 0 aromatic carbocycles. The van der Waals surface area contributed by atoms with E-state index in [1.54, 1.807) is 0 Å². The first kappa shape index (κ1) is 11.5. The number of nitriles is 1. The zero-order valence-corrected chi connectivity index (χ0v) is 9.16. The number of piperidine rings is 1. The van der Waals surface area contributed by atoms with Crippen molar-refractivity contribution in [3.63, 3.8) is 0 Å². The van der Waals surface area contributed by atoms with Crippen molar-refractivity contribution in [3.8, 4) is 6.07 Å². The number of rotatable bonds is 3. The molecule has 0 amide bonds. The van der Waals surface area contributed by atoms with Gasteiger partial charge in [0.1, 0.15) is 0 Å². The van der Waals surface area contributed by atoms with Crippen LogP contribution >= 0.6 is 0 Å². The van der Waals surface area contributed by atoms with Crippen LogP contribution in [0.2, 0.25) is 0 Å². The zero-order chi connectivity index (χ0) is 10.6. The highest BCUT2D eigenvalue weighted by molar-refractivity contribution is 4.88. The molecule has 0 saturated carbocycles. The summed E-state index contributed by atoms with van der Waals surface area (Å²) in [4.78, 5) is 2.29. The van der Waals surface area contributed by atoms with Crippen molar-refractivity contribution in [1.29, 1.82) is 5.26 Å². The summed E-state index contributed by atoms with van der Waals surface area (Å²) in [7, 11) is 0. The summed E-state index contributed by atoms with van der Waals surface area (Å²) >= 11 is 0. The third-order valence-electron chi connectivity index (χ3n) is 2.73. The molecule has 0 aromatic heterocycles. The summed E-state index contributed by atoms with van der Waals surface area (Å²) < 4.78 is 0. The molecule has 0 aliphatic carbocycles. The molecular weight excluding hydrogens is 176 g/mol. The molecule has 1 N–H and O–H groups in total. The number of nitrogens with zero attached hydrogens (tertiary/aromatic N) is 2. The Kier molecular flexibility index (Phi) is 3.91. The minimum Gasteiger partial charge on any atom is -0.390 e. The number of hydrogen-bond acceptors (Lipinski definition) is 3. The van der Waals surface area contributed by atoms with Gasteiger partial charge < -0.3 is 10.0 Å². The average Bonchev–Trinajstić information content (AvgIpc) is 2.14. The van der Waals surface area contributed by atoms with E-state index in [0.717, 1.165) is 38.9 Å². The van der Waals surface area contributed by atoms with Gasteiger partial charge in [0.15, 0.2) is 0 Å². The molecule has 1 aliphatic heterocycles. The lowest BCUT2D eigenvalue weighted by atomic mass is 9.98. The molecule has 0 spiro atoms. The monoisotopic (exact) mass is 196 g/mol. The van der Waals surface area contributed by atoms with Crippen LogP contribution in [0, 0.1) is 17.2 Å². The lowest BCUT2D eigenvalue weighted by Gasteiger charge is -2.31. The molecule has 1 atom stereocenters. The summed E-state index contributed by atoms with van der Waals surface area (Å²) in [6.45, 7) is 6.53. The maximum atomic E-state index is 9.58. The molecule has 0 bridgehead atoms. The van der Waals surface area contributed by atoms with Gasteiger partial charge in [0.25, 0.3) is 0 Å². The first-order chi connectivity index (χ1) is 6.51. The predicted octanol–water partition coefficient (Wildman–Crippen LogP) is 1.38. The molecule has 1 unspecified atom stereocenters. The van der Waals surface area contributed by atoms with E-state index in [4.69, 9.17) is 5.26 Å². The summed E-state index contributed by atoms with van der Waals surface area (Å²) in [5.74, 6) is 0.200. The Labute approximate surface area is 86.3 Å². The van der Waals surface area contributed by atoms with Gasteiger partial charge in [-0.2, -0.15) is 5.26 Å². The van der Waals surface area contributed by atoms with Crippen LogP contribution in [0.5, 0.6) is 0 Å². The molecule has 1 saturated heterocycles. The zero-order valence-electron chi connectivity index (χ0n) is 9.16. The lowest BCUT2D eigenvalue weighted by molar-refractivity contribution is 0.0527. The lowest BCUT2D eigenvalue weighted by Crippen LogP contribution is -2.38. The van der Waals surface area contributed by atoms with Gasteiger partial charge in [-0.1, -0.05) is 0 Å². The van der Waals surface area contributed by atoms with Gasteiger partial charge in [0.05, 0.1) is 17.6 Å². The summed E-state index contributed by atoms with van der Waals surface area (Å²) in [6, 6.07) is 2.33. The molecule has 80 valence electrons. The van der Waals surface area contributed by atoms with Gasteiger partial charge in [-0.15, -0.1) is 0 Å². The largest absolute Gasteiger partial charge is 0.390 e. The Bertz CT molecular complexity index is 214. The van der Waals surface area contributed by atoms with E-state index in [-0.39, 0.29) is 5.92 Å². The molecule has 3 heteroatoms. The van der Waals surface area contributed by atoms with Gasteiger partial charge >= 0.3 is 0 Å². The number of hydrogen-bond donors (Lipinski definition) is 1. The van der Waals surface area contributed by atoms with Crippen molar-refractivity contribution >= 4 is 0 Å². The maximum absolute atomic E-state index is 9.58. The summed E-state index contributed by atoms with van der Waals surface area (Å²) in [6.07, 6.45) is 2.94. The van der Waals surface area contributed by atoms with E-state index in [2.05, 4.69) is 11.0 Å². The van der Waals surface area contributed by atoms with Gasteiger partial charge in [0.2, 0.25) is 0 Å². The Morgan fingerprint density at radius 2 is 2.29 bits per heavy atom. The third-order valence-corrected chi connectivity index (χ3v) is 2.73. The molecule has 1 rings (SSSR count). The van der Waals surface area contributed by atoms with E-state index in [0.29, 0.717) is 0 Å². The molecule has 0 radical (unpaired) electrons. The Morgan fingerprint density at radius 1 is 1.57 bits per heavy atom. The van der Waals surface area contributed by atoms with Crippen LogP contribution in [-0.4, -0.2) is 35.2 Å². The van der Waals surface area contributed by atoms with Crippen molar-refractivity contribution in [3.05, 3.63) is 0 Å². The minimum atomic E-state index is -0.584. The fourth-order valence-electron chi connectivity index (χ4n) is 1.80. The molecule has 1 heterocycles. The normalized spacial score (nSPS) is 24.6. The highest BCUT2D eigenvalue weighted by Gasteiger charge is 2.21. The van der Waals surface area contributed by atoms with Crippen LogP contribution in [0.15, 0.2) is 0 Å². The molecular formula is C11H20N2O. The first-order valence-electron chi connectivity index (χ1n) is 5.35. The minimum absolute atomic E-state index is 0.200. The van der Waals surface area contributed by atoms with Crippen LogP contribution in [0.3, 0.4) is 0 Å². The fourth-order valence-corrected chi connectivity index (χ4v) is 1.80. The maximum Gasteiger partial charge on any atom is 0.0669 e. The van der Waals surface area contributed by atoms with Crippen molar-refractivity contribution in [2.75, 3.05) is 19.6 Å². The van der Waals surface area contributed by atoms with Crippen LogP contribution in [0.1, 0.15) is 33.1 Å². The van der Waals surface area contributed by atoms with Crippen molar-refractivity contribution < 1.29 is 5.11 Å². The second-order valence-corrected chi connectivity index (χ2v) is 4.83. The van der Waals surface area contributed by atoms with Gasteiger partial charge in [-0.05, 0) is 39.7 Å². The molecule has 0 aromatic rings. The molecule has 3 nitrogen and oxygen atoms in total. The van der Waals surface area contributed by atoms with Crippen molar-refractivity contribution in [2.24, 2.45) is 5.92 Å². The Morgan fingerprint density at radius 3 is 2.86 bits per heavy atom. The van der Waals surface area contributed by atoms with E-state index in [1.165, 1.54) is 0 Å². The van der Waals surface area contributed by atoms with E-state index >= 15 is 0 Å². The number of aliphatic hydroxyl groups is 1. The first-order valence-corrected chi connectivity index (χ1v) is 5.35. The Hall–Kier alpha value is -0.590. The van der Waals surface area contributed by atoms with Gasteiger partial charge in [-0.3, -0.25) is 0 Å². The highest BCUT2D eigenvalue weighted by atomic mass is 16.3. The second kappa shape index (κ2) is 4.77. The topological polar surface area (TPSA) is 47.3 Å². The average molecular weight is 196 g/mol. The quantitative estimate of drug-likeness (QED) is 0.742. The third kappa shape index (κ3) is 4.08. The van der Waals surface area contributed by atoms with Crippen LogP contribution < -0.4 is 0 Å². The fraction of sp³-hybridized carbons (Fsp3) is 0.909. The van der Waals surface area contributed by atoms with Gasteiger partial charge in [0, 0.05) is 13.1 Å². The van der Waals surface area contributed by atoms with E-state index in [1.807, 2.05) is 13.8 Å². The summed E-state index contributed by atoms with van der Waals surface area (Å²) in [5.41, 5.74) is -0.584. The van der Waals surface area contributed by atoms with Gasteiger partial charge in [-0.25, -0.2) is 0 Å². The van der Waals surface area contributed by atoms with Crippen molar-refractivity contribution in [1.82, 2.24) is 4.90 Å². The van der Waals surface area contributed by atoms with Crippen molar-refractivity contribution in [2.45, 2.75) is 38.7 Å². The van der Waals surface area contributed by atoms with Crippen LogP contribution in [0.25, 0.3) is 0 Å². The summed E-state index contributed by atoms with van der Waals surface area (Å²) in [5, 5.41) is 18.4. The highest BCUT2D eigenvalue weighted by Crippen LogP contribution is 2.17. The molecule has 1 aliphatic rings. The standard InChI is InChI=1S/C11H20N2O/c1-11(2,14)5-7-13-6-3-4-10(8-12)9-13/h10,14H,3-7,9H2,1-2H3. The predicted molar refractivity (Wildman–Crippen MR) is 55.7 cm³/mol. The smallest absolute Gasteiger partial charge is 0.0669 e. The Balaban J connectivity index is 2.28. The second-order valence-electron chi connectivity index (χ2n) is 4.83. The SMILES string of the molecule is CC(C)(O)CCN1CCCC(C#N)C1. The van der Waals surface area contributed by atoms with Crippen LogP contribution in [0.4, 0.5) is 0 Å². The van der Waals surface area contributed by atoms with E-state index < -0.39 is 5.60 Å². The van der Waals surface area contributed by atoms with Crippen LogP contribution in [-0.2, 0) is 0 Å². The number of likely N-dealkylation sites (tertiary alicyclic amines) is 1.